The van der Waals surface area contributed by atoms with Crippen LogP contribution in [-0.4, -0.2) is 35.0 Å². The van der Waals surface area contributed by atoms with Gasteiger partial charge in [0.2, 0.25) is 0 Å². The minimum absolute atomic E-state index is 0.0123. The molecule has 0 aromatic heterocycles. The first-order chi connectivity index (χ1) is 15.4. The van der Waals surface area contributed by atoms with Crippen LogP contribution in [0.4, 0.5) is 0 Å². The van der Waals surface area contributed by atoms with E-state index in [-0.39, 0.29) is 18.2 Å². The summed E-state index contributed by atoms with van der Waals surface area (Å²) in [6.07, 6.45) is 2.60. The summed E-state index contributed by atoms with van der Waals surface area (Å²) >= 11 is 0. The van der Waals surface area contributed by atoms with E-state index in [0.29, 0.717) is 19.1 Å². The number of hydrogen-bond acceptors (Lipinski definition) is 4. The fourth-order valence-corrected chi connectivity index (χ4v) is 4.36. The molecule has 0 aliphatic heterocycles. The lowest BCUT2D eigenvalue weighted by Crippen LogP contribution is -2.46. The van der Waals surface area contributed by atoms with Crippen molar-refractivity contribution in [1.29, 1.82) is 0 Å². The number of hydrogen-bond donors (Lipinski definition) is 3. The highest BCUT2D eigenvalue weighted by molar-refractivity contribution is 5.83. The molecule has 4 nitrogen and oxygen atoms in total. The van der Waals surface area contributed by atoms with Crippen molar-refractivity contribution >= 4 is 10.8 Å². The number of nitrogens with one attached hydrogen (secondary N) is 1. The van der Waals surface area contributed by atoms with Crippen molar-refractivity contribution in [3.8, 4) is 0 Å². The van der Waals surface area contributed by atoms with E-state index in [2.05, 4.69) is 67.7 Å². The summed E-state index contributed by atoms with van der Waals surface area (Å²) in [6, 6.07) is 23.0. The van der Waals surface area contributed by atoms with Crippen molar-refractivity contribution in [2.24, 2.45) is 5.92 Å². The first kappa shape index (κ1) is 22.9. The molecule has 1 fully saturated rings. The molecule has 2 atom stereocenters. The molecule has 4 rings (SSSR count). The van der Waals surface area contributed by atoms with Crippen LogP contribution in [0, 0.1) is 5.92 Å². The van der Waals surface area contributed by atoms with E-state index >= 15 is 0 Å². The molecule has 170 valence electrons. The van der Waals surface area contributed by atoms with E-state index in [1.54, 1.807) is 0 Å². The average molecular weight is 434 g/mol. The molecule has 1 aliphatic rings. The lowest BCUT2D eigenvalue weighted by molar-refractivity contribution is -0.0212. The van der Waals surface area contributed by atoms with Gasteiger partial charge in [0, 0.05) is 12.1 Å². The molecular weight excluding hydrogens is 398 g/mol. The third-order valence-electron chi connectivity index (χ3n) is 6.26. The molecule has 0 radical (unpaired) electrons. The third-order valence-corrected chi connectivity index (χ3v) is 6.26. The van der Waals surface area contributed by atoms with E-state index in [4.69, 9.17) is 4.74 Å². The lowest BCUT2D eigenvalue weighted by atomic mass is 9.93. The smallest absolute Gasteiger partial charge is 0.0898 e. The Balaban J connectivity index is 1.29. The van der Waals surface area contributed by atoms with Crippen LogP contribution in [0.5, 0.6) is 0 Å². The molecule has 3 aromatic rings. The van der Waals surface area contributed by atoms with E-state index < -0.39 is 6.10 Å². The highest BCUT2D eigenvalue weighted by atomic mass is 16.5. The molecular formula is C28H35NO3. The SMILES string of the molecule is CC(C)(Cc1ccc2ccccc2c1)NC[C@@H](O)COC(c1cccc(CO)c1)C1CC1. The molecule has 1 unspecified atom stereocenters. The molecule has 0 saturated heterocycles. The predicted molar refractivity (Wildman–Crippen MR) is 130 cm³/mol. The zero-order chi connectivity index (χ0) is 22.6. The summed E-state index contributed by atoms with van der Waals surface area (Å²) in [5.74, 6) is 0.508. The zero-order valence-electron chi connectivity index (χ0n) is 19.1. The molecule has 1 aliphatic carbocycles. The predicted octanol–water partition coefficient (Wildman–Crippen LogP) is 4.77. The van der Waals surface area contributed by atoms with Gasteiger partial charge in [0.15, 0.2) is 0 Å². The Kier molecular flexibility index (Phi) is 7.27. The monoisotopic (exact) mass is 433 g/mol. The molecule has 0 spiro atoms. The minimum atomic E-state index is -0.576. The Morgan fingerprint density at radius 1 is 0.969 bits per heavy atom. The molecule has 3 aromatic carbocycles. The summed E-state index contributed by atoms with van der Waals surface area (Å²) < 4.78 is 6.17. The summed E-state index contributed by atoms with van der Waals surface area (Å²) in [7, 11) is 0. The van der Waals surface area contributed by atoms with Crippen molar-refractivity contribution in [1.82, 2.24) is 5.32 Å². The second kappa shape index (κ2) is 10.1. The van der Waals surface area contributed by atoms with Gasteiger partial charge in [0.05, 0.1) is 25.4 Å². The lowest BCUT2D eigenvalue weighted by Gasteiger charge is -2.29. The minimum Gasteiger partial charge on any atom is -0.392 e. The molecule has 3 N–H and O–H groups in total. The highest BCUT2D eigenvalue weighted by Gasteiger charge is 2.33. The number of β-amino-alcohol motifs (C(OH)–C–C–N with tert-alkyl or cyclic N) is 1. The van der Waals surface area contributed by atoms with Gasteiger partial charge in [0.25, 0.3) is 0 Å². The van der Waals surface area contributed by atoms with Crippen molar-refractivity contribution in [3.63, 3.8) is 0 Å². The summed E-state index contributed by atoms with van der Waals surface area (Å²) in [4.78, 5) is 0. The fraction of sp³-hybridized carbons (Fsp3) is 0.429. The van der Waals surface area contributed by atoms with Crippen LogP contribution < -0.4 is 5.32 Å². The van der Waals surface area contributed by atoms with Gasteiger partial charge in [-0.15, -0.1) is 0 Å². The number of fused-ring (bicyclic) bond motifs is 1. The van der Waals surface area contributed by atoms with Crippen LogP contribution in [-0.2, 0) is 17.8 Å². The maximum absolute atomic E-state index is 10.6. The van der Waals surface area contributed by atoms with E-state index in [1.807, 2.05) is 18.2 Å². The second-order valence-electron chi connectivity index (χ2n) is 9.77. The van der Waals surface area contributed by atoms with Gasteiger partial charge in [-0.3, -0.25) is 0 Å². The van der Waals surface area contributed by atoms with Crippen molar-refractivity contribution < 1.29 is 14.9 Å². The van der Waals surface area contributed by atoms with Crippen molar-refractivity contribution in [2.75, 3.05) is 13.2 Å². The van der Waals surface area contributed by atoms with Crippen LogP contribution in [0.2, 0.25) is 0 Å². The summed E-state index contributed by atoms with van der Waals surface area (Å²) in [5.41, 5.74) is 3.13. The van der Waals surface area contributed by atoms with E-state index in [9.17, 15) is 10.2 Å². The van der Waals surface area contributed by atoms with Gasteiger partial charge in [-0.2, -0.15) is 0 Å². The van der Waals surface area contributed by atoms with Gasteiger partial charge in [-0.25, -0.2) is 0 Å². The molecule has 4 heteroatoms. The number of ether oxygens (including phenoxy) is 1. The van der Waals surface area contributed by atoms with Gasteiger partial charge >= 0.3 is 0 Å². The Labute approximate surface area is 191 Å². The Hall–Kier alpha value is -2.24. The summed E-state index contributed by atoms with van der Waals surface area (Å²) in [5, 5.41) is 26.1. The van der Waals surface area contributed by atoms with Crippen molar-refractivity contribution in [2.45, 2.75) is 57.5 Å². The summed E-state index contributed by atoms with van der Waals surface area (Å²) in [6.45, 7) is 5.15. The number of aliphatic hydroxyl groups excluding tert-OH is 2. The van der Waals surface area contributed by atoms with Gasteiger partial charge in [-0.05, 0) is 66.5 Å². The molecule has 0 heterocycles. The standard InChI is InChI=1S/C28H35NO3/c1-28(2,16-20-10-11-22-7-3-4-8-24(22)14-20)29-17-26(31)19-32-27(23-12-13-23)25-9-5-6-21(15-25)18-30/h3-11,14-15,23,26-27,29-31H,12-13,16-19H2,1-2H3/t26-,27?/m1/s1. The number of benzene rings is 3. The van der Waals surface area contributed by atoms with Crippen LogP contribution >= 0.6 is 0 Å². The topological polar surface area (TPSA) is 61.7 Å². The number of aliphatic hydroxyl groups is 2. The zero-order valence-corrected chi connectivity index (χ0v) is 19.1. The first-order valence-electron chi connectivity index (χ1n) is 11.7. The van der Waals surface area contributed by atoms with Crippen LogP contribution in [0.3, 0.4) is 0 Å². The maximum atomic E-state index is 10.6. The largest absolute Gasteiger partial charge is 0.392 e. The third kappa shape index (κ3) is 6.17. The van der Waals surface area contributed by atoms with Gasteiger partial charge < -0.3 is 20.3 Å². The fourth-order valence-electron chi connectivity index (χ4n) is 4.36. The van der Waals surface area contributed by atoms with Crippen molar-refractivity contribution in [3.05, 3.63) is 83.4 Å². The van der Waals surface area contributed by atoms with Crippen LogP contribution in [0.15, 0.2) is 66.7 Å². The maximum Gasteiger partial charge on any atom is 0.0898 e. The molecule has 0 bridgehead atoms. The Morgan fingerprint density at radius 3 is 2.50 bits per heavy atom. The van der Waals surface area contributed by atoms with E-state index in [0.717, 1.165) is 30.4 Å². The van der Waals surface area contributed by atoms with Crippen LogP contribution in [0.1, 0.15) is 49.5 Å². The molecule has 1 saturated carbocycles. The second-order valence-corrected chi connectivity index (χ2v) is 9.77. The quantitative estimate of drug-likeness (QED) is 0.408. The van der Waals surface area contributed by atoms with Crippen LogP contribution in [0.25, 0.3) is 10.8 Å². The Bertz CT molecular complexity index is 1030. The normalized spacial score (nSPS) is 16.2. The molecule has 0 amide bonds. The average Bonchev–Trinajstić information content (AvgIpc) is 3.63. The molecule has 32 heavy (non-hydrogen) atoms. The van der Waals surface area contributed by atoms with Gasteiger partial charge in [0.1, 0.15) is 0 Å². The number of rotatable bonds is 11. The highest BCUT2D eigenvalue weighted by Crippen LogP contribution is 2.43. The van der Waals surface area contributed by atoms with E-state index in [1.165, 1.54) is 16.3 Å². The van der Waals surface area contributed by atoms with Gasteiger partial charge in [-0.1, -0.05) is 66.7 Å². The first-order valence-corrected chi connectivity index (χ1v) is 11.7. The Morgan fingerprint density at radius 2 is 1.75 bits per heavy atom.